The van der Waals surface area contributed by atoms with Crippen LogP contribution in [0.4, 0.5) is 0 Å². The van der Waals surface area contributed by atoms with Crippen LogP contribution in [0.1, 0.15) is 75.4 Å². The molecule has 1 saturated heterocycles. The molecule has 1 heterocycles. The van der Waals surface area contributed by atoms with Crippen molar-refractivity contribution >= 4 is 35.0 Å². The predicted octanol–water partition coefficient (Wildman–Crippen LogP) is -1.50. The van der Waals surface area contributed by atoms with Gasteiger partial charge in [0.2, 0.25) is 17.3 Å². The number of primary amides is 1. The first kappa shape index (κ1) is 38.6. The minimum absolute atomic E-state index is 0.00667. The smallest absolute Gasteiger partial charge is 0.341 e. The number of Topliss-reactive ketones (excluding diaryl/α,β-unsaturated/α-hetero) is 3. The van der Waals surface area contributed by atoms with E-state index in [9.17, 15) is 54.3 Å². The summed E-state index contributed by atoms with van der Waals surface area (Å²) in [4.78, 5) is 82.1. The van der Waals surface area contributed by atoms with Gasteiger partial charge in [0, 0.05) is 43.4 Å². The highest BCUT2D eigenvalue weighted by Crippen LogP contribution is 2.57. The van der Waals surface area contributed by atoms with Crippen LogP contribution in [0.2, 0.25) is 0 Å². The zero-order valence-electron chi connectivity index (χ0n) is 29.6. The van der Waals surface area contributed by atoms with Crippen molar-refractivity contribution in [1.29, 1.82) is 0 Å². The van der Waals surface area contributed by atoms with E-state index in [4.69, 9.17) is 29.4 Å². The number of ether oxygens (including phenoxy) is 5. The maximum Gasteiger partial charge on any atom is 0.341 e. The van der Waals surface area contributed by atoms with E-state index in [2.05, 4.69) is 5.32 Å². The number of nitrogens with one attached hydrogen (secondary N) is 1. The van der Waals surface area contributed by atoms with E-state index in [-0.39, 0.29) is 16.7 Å². The summed E-state index contributed by atoms with van der Waals surface area (Å²) in [5.74, 6) is -9.61. The van der Waals surface area contributed by atoms with Gasteiger partial charge in [-0.05, 0) is 31.0 Å². The zero-order chi connectivity index (χ0) is 39.8. The maximum absolute atomic E-state index is 14.9. The molecular weight excluding hydrogens is 716 g/mol. The number of amides is 1. The van der Waals surface area contributed by atoms with Gasteiger partial charge in [-0.1, -0.05) is 6.07 Å². The van der Waals surface area contributed by atoms with Gasteiger partial charge in [-0.2, -0.15) is 0 Å². The average Bonchev–Trinajstić information content (AvgIpc) is 3.11. The van der Waals surface area contributed by atoms with Gasteiger partial charge in [0.05, 0.1) is 54.8 Å². The summed E-state index contributed by atoms with van der Waals surface area (Å²) in [5.41, 5.74) is -5.00. The standard InChI is InChI=1S/C36H38N2O16/c1-12-6-14-7-20(41)36(52-5)32(47)24-16(31(46)35(36,49)25(14)30(53-11-21(37)42)22(12)34(48)51-4)8-15-23(28(24)45)19(40)9-18(26(15)43)38-33-17(10-39)27(44)29(50-3)13(2)54-33/h6,8-9,13,17,20,27,29,33,38-39,41,44-45,49H,7,10-11H2,1-5H3,(H2,37,42)/t13-,17+,20+,27-,29-,33?,35-,36+/m0/s1. The highest BCUT2D eigenvalue weighted by atomic mass is 16.6. The summed E-state index contributed by atoms with van der Waals surface area (Å²) in [7, 11) is 3.28. The fourth-order valence-corrected chi connectivity index (χ4v) is 8.16. The first-order valence-corrected chi connectivity index (χ1v) is 16.6. The number of ketones is 4. The van der Waals surface area contributed by atoms with E-state index in [0.717, 1.165) is 26.4 Å². The Balaban J connectivity index is 1.54. The summed E-state index contributed by atoms with van der Waals surface area (Å²) in [5, 5.41) is 59.5. The molecule has 0 radical (unpaired) electrons. The molecule has 6 rings (SSSR count). The number of carbonyl (C=O) groups is 6. The molecular formula is C36H38N2O16. The van der Waals surface area contributed by atoms with Crippen molar-refractivity contribution in [2.24, 2.45) is 11.7 Å². The Kier molecular flexibility index (Phi) is 9.77. The highest BCUT2D eigenvalue weighted by Gasteiger charge is 2.73. The number of aliphatic hydroxyl groups excluding tert-OH is 3. The molecule has 18 nitrogen and oxygen atoms in total. The molecule has 8 N–H and O–H groups in total. The van der Waals surface area contributed by atoms with Gasteiger partial charge in [0.25, 0.3) is 5.91 Å². The van der Waals surface area contributed by atoms with Gasteiger partial charge in [-0.3, -0.25) is 24.0 Å². The number of hydrogen-bond acceptors (Lipinski definition) is 17. The number of aliphatic hydroxyl groups is 4. The number of benzene rings is 2. The molecule has 8 atom stereocenters. The SMILES string of the molecule is COC(=O)c1c(C)cc2c(c1OCC(N)=O)[C@]1(O)C(=O)c3cc4c(c(O)c3C(=O)[C@]1(OC)[C@H](O)C2)C(=O)C=C(NC1O[C@@H](C)[C@H](OC)[C@@H](O)[C@H]1CO)C4=O. The molecule has 1 aliphatic heterocycles. The Hall–Kier alpha value is -5.08. The maximum atomic E-state index is 14.9. The van der Waals surface area contributed by atoms with Gasteiger partial charge in [-0.15, -0.1) is 0 Å². The molecule has 0 bridgehead atoms. The summed E-state index contributed by atoms with van der Waals surface area (Å²) in [6.07, 6.45) is -5.79. The van der Waals surface area contributed by atoms with E-state index in [1.807, 2.05) is 0 Å². The molecule has 0 spiro atoms. The van der Waals surface area contributed by atoms with E-state index in [1.165, 1.54) is 20.1 Å². The molecule has 2 aromatic rings. The number of fused-ring (bicyclic) bond motifs is 5. The monoisotopic (exact) mass is 754 g/mol. The third-order valence-electron chi connectivity index (χ3n) is 10.6. The number of phenols is 1. The van der Waals surface area contributed by atoms with Gasteiger partial charge < -0.3 is 60.3 Å². The van der Waals surface area contributed by atoms with Crippen molar-refractivity contribution in [3.63, 3.8) is 0 Å². The van der Waals surface area contributed by atoms with Crippen LogP contribution >= 0.6 is 0 Å². The number of rotatable bonds is 9. The second kappa shape index (κ2) is 13.6. The van der Waals surface area contributed by atoms with Gasteiger partial charge in [0.15, 0.2) is 23.6 Å². The second-order valence-corrected chi connectivity index (χ2v) is 13.5. The van der Waals surface area contributed by atoms with Crippen LogP contribution in [0.25, 0.3) is 0 Å². The van der Waals surface area contributed by atoms with E-state index >= 15 is 0 Å². The molecule has 3 aliphatic carbocycles. The molecule has 4 aliphatic rings. The minimum atomic E-state index is -3.28. The highest BCUT2D eigenvalue weighted by molar-refractivity contribution is 6.31. The van der Waals surface area contributed by atoms with Gasteiger partial charge in [0.1, 0.15) is 29.4 Å². The summed E-state index contributed by atoms with van der Waals surface area (Å²) in [6, 6.07) is 2.16. The van der Waals surface area contributed by atoms with Crippen LogP contribution in [0, 0.1) is 12.8 Å². The molecule has 2 aromatic carbocycles. The first-order chi connectivity index (χ1) is 25.5. The molecule has 1 fully saturated rings. The van der Waals surface area contributed by atoms with Crippen LogP contribution in [0.5, 0.6) is 11.5 Å². The van der Waals surface area contributed by atoms with Gasteiger partial charge >= 0.3 is 5.97 Å². The molecule has 18 heteroatoms. The fourth-order valence-electron chi connectivity index (χ4n) is 8.16. The Bertz CT molecular complexity index is 2060. The lowest BCUT2D eigenvalue weighted by Gasteiger charge is -2.53. The van der Waals surface area contributed by atoms with Crippen molar-refractivity contribution in [2.45, 2.75) is 62.1 Å². The average molecular weight is 755 g/mol. The lowest BCUT2D eigenvalue weighted by Crippen LogP contribution is -2.73. The number of methoxy groups -OCH3 is 3. The second-order valence-electron chi connectivity index (χ2n) is 13.5. The Morgan fingerprint density at radius 1 is 1.06 bits per heavy atom. The predicted molar refractivity (Wildman–Crippen MR) is 179 cm³/mol. The van der Waals surface area contributed by atoms with E-state index in [1.54, 1.807) is 6.92 Å². The quantitative estimate of drug-likeness (QED) is 0.143. The minimum Gasteiger partial charge on any atom is -0.506 e. The van der Waals surface area contributed by atoms with Crippen LogP contribution in [-0.2, 0) is 35.8 Å². The van der Waals surface area contributed by atoms with E-state index in [0.29, 0.717) is 0 Å². The Morgan fingerprint density at radius 2 is 1.74 bits per heavy atom. The third-order valence-corrected chi connectivity index (χ3v) is 10.6. The number of esters is 1. The van der Waals surface area contributed by atoms with Crippen molar-refractivity contribution in [3.05, 3.63) is 68.4 Å². The number of carbonyl (C=O) groups excluding carboxylic acids is 6. The van der Waals surface area contributed by atoms with Crippen LogP contribution in [0.15, 0.2) is 23.9 Å². The van der Waals surface area contributed by atoms with E-state index < -0.39 is 147 Å². The number of allylic oxidation sites excluding steroid dienone is 2. The lowest BCUT2D eigenvalue weighted by molar-refractivity contribution is -0.214. The van der Waals surface area contributed by atoms with Crippen molar-refractivity contribution in [3.8, 4) is 11.5 Å². The van der Waals surface area contributed by atoms with Crippen LogP contribution in [-0.4, -0.2) is 131 Å². The molecule has 0 aromatic heterocycles. The summed E-state index contributed by atoms with van der Waals surface area (Å²) in [6.45, 7) is 1.52. The van der Waals surface area contributed by atoms with Crippen molar-refractivity contribution in [2.75, 3.05) is 34.5 Å². The largest absolute Gasteiger partial charge is 0.506 e. The van der Waals surface area contributed by atoms with Gasteiger partial charge in [-0.25, -0.2) is 4.79 Å². The van der Waals surface area contributed by atoms with Crippen LogP contribution in [0.3, 0.4) is 0 Å². The van der Waals surface area contributed by atoms with Crippen LogP contribution < -0.4 is 15.8 Å². The summed E-state index contributed by atoms with van der Waals surface area (Å²) >= 11 is 0. The van der Waals surface area contributed by atoms with Crippen molar-refractivity contribution < 1.29 is 78.0 Å². The molecule has 288 valence electrons. The topological polar surface area (TPSA) is 288 Å². The zero-order valence-corrected chi connectivity index (χ0v) is 29.6. The van der Waals surface area contributed by atoms with Crippen molar-refractivity contribution in [1.82, 2.24) is 5.32 Å². The number of nitrogens with two attached hydrogens (primary N) is 1. The molecule has 54 heavy (non-hydrogen) atoms. The normalized spacial score (nSPS) is 30.1. The number of aromatic hydroxyl groups is 1. The number of hydrogen-bond donors (Lipinski definition) is 7. The number of phenolic OH excluding ortho intramolecular Hbond substituents is 1. The third kappa shape index (κ3) is 5.20. The fraction of sp³-hybridized carbons (Fsp3) is 0.444. The Morgan fingerprint density at radius 3 is 2.33 bits per heavy atom. The Labute approximate surface area is 306 Å². The molecule has 0 saturated carbocycles. The first-order valence-electron chi connectivity index (χ1n) is 16.6. The molecule has 1 amide bonds. The molecule has 1 unspecified atom stereocenters. The summed E-state index contributed by atoms with van der Waals surface area (Å²) < 4.78 is 27.2. The lowest BCUT2D eigenvalue weighted by atomic mass is 9.56. The number of aryl methyl sites for hydroxylation is 1.